The normalized spacial score (nSPS) is 16.1. The maximum absolute atomic E-state index is 11.3. The van der Waals surface area contributed by atoms with Gasteiger partial charge in [-0.05, 0) is 44.4 Å². The van der Waals surface area contributed by atoms with Crippen molar-refractivity contribution in [1.29, 1.82) is 5.41 Å². The van der Waals surface area contributed by atoms with Crippen LogP contribution in [-0.2, 0) is 4.79 Å². The number of fused-ring (bicyclic) bond motifs is 1. The molecule has 0 aromatic carbocycles. The molecule has 0 saturated heterocycles. The summed E-state index contributed by atoms with van der Waals surface area (Å²) in [4.78, 5) is 15.3. The van der Waals surface area contributed by atoms with Crippen molar-refractivity contribution in [3.05, 3.63) is 91.4 Å². The number of hydrogen-bond acceptors (Lipinski definition) is 6. The monoisotopic (exact) mass is 841 g/mol. The third-order valence-electron chi connectivity index (χ3n) is 6.41. The first-order valence-corrected chi connectivity index (χ1v) is 17.1. The molecule has 1 fully saturated rings. The van der Waals surface area contributed by atoms with E-state index in [0.717, 1.165) is 53.8 Å². The third kappa shape index (κ3) is 23.2. The minimum atomic E-state index is -4.24. The van der Waals surface area contributed by atoms with Crippen LogP contribution < -0.4 is 139 Å². The van der Waals surface area contributed by atoms with E-state index in [0.29, 0.717) is 35.6 Å². The summed E-state index contributed by atoms with van der Waals surface area (Å²) in [6.07, 6.45) is 4.73. The van der Waals surface area contributed by atoms with Gasteiger partial charge in [-0.15, -0.1) is 18.1 Å². The van der Waals surface area contributed by atoms with Gasteiger partial charge in [0.15, 0.2) is 0 Å². The van der Waals surface area contributed by atoms with Crippen molar-refractivity contribution >= 4 is 12.1 Å². The maximum atomic E-state index is 11.3. The molecule has 1 aliphatic heterocycles. The number of pyridine rings is 1. The number of allylic oxidation sites excluding steroid dienone is 7. The average molecular weight is 842 g/mol. The number of hydrogen-bond donors (Lipinski definition) is 4. The molecule has 3 aliphatic rings. The van der Waals surface area contributed by atoms with Crippen LogP contribution in [0.4, 0.5) is 13.2 Å². The Kier molecular flexibility index (Phi) is 39.0. The number of nitrogens with one attached hydrogen (secondary N) is 2. The topological polar surface area (TPSA) is 121 Å². The quantitative estimate of drug-likeness (QED) is 0.103. The summed E-state index contributed by atoms with van der Waals surface area (Å²) in [6.45, 7) is 28.6. The molecule has 2 atom stereocenters. The smallest absolute Gasteiger partial charge is 0.364 e. The van der Waals surface area contributed by atoms with E-state index < -0.39 is 33.6 Å². The van der Waals surface area contributed by atoms with Crippen LogP contribution in [-0.4, -0.2) is 39.9 Å². The number of carbonyl (C=O) groups excluding carboxylic acids is 1. The van der Waals surface area contributed by atoms with Crippen molar-refractivity contribution in [2.24, 2.45) is 9.86 Å². The van der Waals surface area contributed by atoms with Crippen molar-refractivity contribution in [1.82, 2.24) is 10.3 Å². The molecular formula is C35H55F3IK2N4O3-3. The summed E-state index contributed by atoms with van der Waals surface area (Å²) < 4.78 is 51.6. The minimum Gasteiger partial charge on any atom is -0.364 e. The molecule has 5 N–H and O–H groups in total. The van der Waals surface area contributed by atoms with E-state index in [2.05, 4.69) is 36.1 Å². The molecule has 13 heteroatoms. The molecule has 1 amide bonds. The molecule has 0 bridgehead atoms. The fourth-order valence-electron chi connectivity index (χ4n) is 4.10. The molecule has 2 heterocycles. The molecular weight excluding hydrogens is 787 g/mol. The van der Waals surface area contributed by atoms with Gasteiger partial charge in [0.2, 0.25) is 6.41 Å². The molecule has 1 saturated carbocycles. The third-order valence-corrected chi connectivity index (χ3v) is 6.41. The second kappa shape index (κ2) is 32.3. The molecule has 2 unspecified atom stereocenters. The van der Waals surface area contributed by atoms with E-state index in [-0.39, 0.29) is 110 Å². The summed E-state index contributed by atoms with van der Waals surface area (Å²) in [6, 6.07) is 2.19. The van der Waals surface area contributed by atoms with Gasteiger partial charge in [0.25, 0.3) is 0 Å². The zero-order chi connectivity index (χ0) is 35.3. The maximum Gasteiger partial charge on any atom is 1.00 e. The number of ether oxygens (including phenoxy) is 1. The number of rotatable bonds is 5. The van der Waals surface area contributed by atoms with Crippen LogP contribution in [0.25, 0.3) is 0 Å². The molecule has 7 nitrogen and oxygen atoms in total. The summed E-state index contributed by atoms with van der Waals surface area (Å²) in [7, 11) is 0. The van der Waals surface area contributed by atoms with Crippen molar-refractivity contribution in [2.75, 3.05) is 13.2 Å². The Hall–Kier alpha value is 0.633. The second-order valence-electron chi connectivity index (χ2n) is 10.2. The summed E-state index contributed by atoms with van der Waals surface area (Å²) >= 11 is -0.910. The van der Waals surface area contributed by atoms with Crippen LogP contribution in [0.1, 0.15) is 96.5 Å². The summed E-state index contributed by atoms with van der Waals surface area (Å²) in [5.74, 6) is 2.43. The Bertz CT molecular complexity index is 1170. The fraction of sp³-hybridized carbons (Fsp3) is 0.486. The van der Waals surface area contributed by atoms with Crippen molar-refractivity contribution in [3.63, 3.8) is 0 Å². The first kappa shape index (κ1) is 58.0. The average Bonchev–Trinajstić information content (AvgIpc) is 3.75. The van der Waals surface area contributed by atoms with Crippen molar-refractivity contribution in [3.8, 4) is 5.75 Å². The standard InChI is InChI=1S/C15H20N2O2.C9H10N.C5H6F3.C3H7.C2H6.CH3.H3INO.2K/c1-9-7-19-15-10(2)17-14(5-12(9)15)13(6-16-8-18)11-3-4-11;1-6-4-7(2)9(10)8(3)5-6;1-3-4(2)5(6,7)8;1-3-2;1-2;;2-1-3;;/h5,8-9,11,13H,3-4,6-7H2,1-2H3,(H,16,18);2,4-5,10H,1,3H3;3H,2H2,1H3;1,3H2,2H3;1-2H3;1H3;3H,2H2;;/q;3*-1;;2*-1;2*+1/b;;4-3+;;;;;;. The number of carbonyl (C=O) groups is 1. The molecule has 48 heavy (non-hydrogen) atoms. The molecule has 0 spiro atoms. The second-order valence-corrected chi connectivity index (χ2v) is 10.7. The van der Waals surface area contributed by atoms with Crippen LogP contribution in [0.3, 0.4) is 0 Å². The van der Waals surface area contributed by atoms with Crippen LogP contribution >= 0.6 is 0 Å². The Morgan fingerprint density at radius 3 is 2.15 bits per heavy atom. The first-order valence-electron chi connectivity index (χ1n) is 14.8. The molecule has 1 aromatic heterocycles. The SMILES string of the molecule is CC.Cc1nc(C(CNC=O)C2CC2)cc2c1OCC2C.N[I-]O.[CH-]=C1C=C(C)C=C(C)C1=N.[CH2-]/C(=C\C)C(F)(F)F.[CH2-]CC.[CH3-].[K+].[K+]. The van der Waals surface area contributed by atoms with E-state index in [1.807, 2.05) is 53.7 Å². The number of nitrogens with zero attached hydrogens (tertiary/aromatic N) is 1. The van der Waals surface area contributed by atoms with Crippen LogP contribution in [0.15, 0.2) is 46.6 Å². The van der Waals surface area contributed by atoms with E-state index in [1.165, 1.54) is 25.3 Å². The minimum absolute atomic E-state index is 0. The predicted octanol–water partition coefficient (Wildman–Crippen LogP) is -0.702. The van der Waals surface area contributed by atoms with Crippen molar-refractivity contribution < 1.29 is 151 Å². The van der Waals surface area contributed by atoms with Gasteiger partial charge >= 0.3 is 138 Å². The van der Waals surface area contributed by atoms with Crippen LogP contribution in [0, 0.1) is 46.1 Å². The van der Waals surface area contributed by atoms with Crippen molar-refractivity contribution in [2.45, 2.75) is 92.7 Å². The van der Waals surface area contributed by atoms with Gasteiger partial charge in [-0.1, -0.05) is 46.3 Å². The van der Waals surface area contributed by atoms with E-state index in [1.54, 1.807) is 0 Å². The fourth-order valence-corrected chi connectivity index (χ4v) is 4.10. The number of amides is 1. The Labute approximate surface area is 385 Å². The molecule has 4 rings (SSSR count). The van der Waals surface area contributed by atoms with E-state index >= 15 is 0 Å². The number of aryl methyl sites for hydroxylation is 1. The molecule has 266 valence electrons. The van der Waals surface area contributed by atoms with Gasteiger partial charge < -0.3 is 29.8 Å². The zero-order valence-corrected chi connectivity index (χ0v) is 39.3. The number of halogens is 4. The summed E-state index contributed by atoms with van der Waals surface area (Å²) in [5, 5.41) is 10.2. The number of aromatic nitrogens is 1. The zero-order valence-electron chi connectivity index (χ0n) is 30.9. The molecule has 0 radical (unpaired) electrons. The largest absolute Gasteiger partial charge is 1.00 e. The summed E-state index contributed by atoms with van der Waals surface area (Å²) in [5.41, 5.74) is 5.66. The van der Waals surface area contributed by atoms with Gasteiger partial charge in [-0.2, -0.15) is 31.2 Å². The predicted molar refractivity (Wildman–Crippen MR) is 180 cm³/mol. The Balaban J connectivity index is -0.000000182. The number of nitrogens with two attached hydrogens (primary N) is 1. The van der Waals surface area contributed by atoms with E-state index in [4.69, 9.17) is 25.1 Å². The van der Waals surface area contributed by atoms with Crippen LogP contribution in [0.2, 0.25) is 0 Å². The molecule has 2 aliphatic carbocycles. The Morgan fingerprint density at radius 2 is 1.77 bits per heavy atom. The first-order chi connectivity index (χ1) is 21.1. The Morgan fingerprint density at radius 1 is 1.27 bits per heavy atom. The van der Waals surface area contributed by atoms with Gasteiger partial charge in [-0.25, -0.2) is 19.6 Å². The van der Waals surface area contributed by atoms with Gasteiger partial charge in [0, 0.05) is 29.6 Å². The molecule has 1 aromatic rings. The van der Waals surface area contributed by atoms with Gasteiger partial charge in [-0.3, -0.25) is 9.78 Å². The van der Waals surface area contributed by atoms with E-state index in [9.17, 15) is 18.0 Å². The van der Waals surface area contributed by atoms with Crippen LogP contribution in [0.5, 0.6) is 5.75 Å². The van der Waals surface area contributed by atoms with Gasteiger partial charge in [0.1, 0.15) is 5.75 Å². The van der Waals surface area contributed by atoms with Gasteiger partial charge in [0.05, 0.1) is 12.3 Å². The number of alkyl halides is 3.